The normalized spacial score (nSPS) is 13.8. The van der Waals surface area contributed by atoms with Gasteiger partial charge in [0, 0.05) is 37.5 Å². The van der Waals surface area contributed by atoms with E-state index >= 15 is 0 Å². The molecule has 1 N–H and O–H groups in total. The number of carbonyl (C=O) groups excluding carboxylic acids is 1. The average Bonchev–Trinajstić information content (AvgIpc) is 2.72. The number of nitrogens with one attached hydrogen (secondary N) is 1. The Labute approximate surface area is 170 Å². The lowest BCUT2D eigenvalue weighted by Gasteiger charge is -2.29. The first-order chi connectivity index (χ1) is 13.9. The first kappa shape index (κ1) is 20.9. The molecule has 1 heterocycles. The van der Waals surface area contributed by atoms with E-state index in [0.29, 0.717) is 43.2 Å². The van der Waals surface area contributed by atoms with E-state index < -0.39 is 10.0 Å². The van der Waals surface area contributed by atoms with E-state index in [1.54, 1.807) is 36.3 Å². The number of rotatable bonds is 8. The van der Waals surface area contributed by atoms with E-state index in [9.17, 15) is 13.2 Å². The molecule has 0 aliphatic carbocycles. The molecule has 1 aliphatic rings. The number of sulfonamides is 1. The van der Waals surface area contributed by atoms with Crippen molar-refractivity contribution < 1.29 is 27.4 Å². The van der Waals surface area contributed by atoms with Crippen LogP contribution >= 0.6 is 0 Å². The highest BCUT2D eigenvalue weighted by Crippen LogP contribution is 2.33. The second-order valence-corrected chi connectivity index (χ2v) is 8.19. The van der Waals surface area contributed by atoms with Gasteiger partial charge in [0.1, 0.15) is 0 Å². The Morgan fingerprint density at radius 2 is 1.76 bits per heavy atom. The van der Waals surface area contributed by atoms with Gasteiger partial charge in [-0.3, -0.25) is 9.52 Å². The topological polar surface area (TPSA) is 94.2 Å². The maximum Gasteiger partial charge on any atom is 0.262 e. The molecule has 2 aromatic rings. The summed E-state index contributed by atoms with van der Waals surface area (Å²) in [4.78, 5) is 13.9. The lowest BCUT2D eigenvalue weighted by Crippen LogP contribution is -2.37. The highest BCUT2D eigenvalue weighted by Gasteiger charge is 2.25. The van der Waals surface area contributed by atoms with Gasteiger partial charge in [-0.25, -0.2) is 8.42 Å². The minimum Gasteiger partial charge on any atom is -0.493 e. The number of fused-ring (bicyclic) bond motifs is 1. The van der Waals surface area contributed by atoms with Crippen molar-refractivity contribution in [3.05, 3.63) is 42.0 Å². The molecule has 9 heteroatoms. The Hall–Kier alpha value is -2.78. The predicted molar refractivity (Wildman–Crippen MR) is 109 cm³/mol. The van der Waals surface area contributed by atoms with Gasteiger partial charge in [0.15, 0.2) is 11.5 Å². The lowest BCUT2D eigenvalue weighted by atomic mass is 10.0. The molecule has 1 amide bonds. The minimum atomic E-state index is -3.82. The van der Waals surface area contributed by atoms with Gasteiger partial charge in [0.25, 0.3) is 10.0 Å². The number of hydrogen-bond donors (Lipinski definition) is 1. The molecule has 0 spiro atoms. The second kappa shape index (κ2) is 8.71. The minimum absolute atomic E-state index is 0.0354. The van der Waals surface area contributed by atoms with Gasteiger partial charge < -0.3 is 19.1 Å². The van der Waals surface area contributed by atoms with Crippen LogP contribution in [-0.2, 0) is 26.0 Å². The summed E-state index contributed by atoms with van der Waals surface area (Å²) in [6.07, 6.45) is 0.937. The van der Waals surface area contributed by atoms with Crippen molar-refractivity contribution in [2.45, 2.75) is 17.7 Å². The van der Waals surface area contributed by atoms with Crippen molar-refractivity contribution in [2.24, 2.45) is 0 Å². The molecule has 2 aromatic carbocycles. The maximum absolute atomic E-state index is 12.8. The fraction of sp³-hybridized carbons (Fsp3) is 0.350. The summed E-state index contributed by atoms with van der Waals surface area (Å²) >= 11 is 0. The molecule has 0 saturated heterocycles. The smallest absolute Gasteiger partial charge is 0.262 e. The molecule has 0 aromatic heterocycles. The quantitative estimate of drug-likeness (QED) is 0.705. The fourth-order valence-corrected chi connectivity index (χ4v) is 4.31. The van der Waals surface area contributed by atoms with Crippen LogP contribution in [0.2, 0.25) is 0 Å². The molecule has 29 heavy (non-hydrogen) atoms. The number of benzene rings is 2. The Kier molecular flexibility index (Phi) is 6.29. The Morgan fingerprint density at radius 3 is 2.45 bits per heavy atom. The zero-order valence-electron chi connectivity index (χ0n) is 16.6. The predicted octanol–water partition coefficient (Wildman–Crippen LogP) is 2.43. The van der Waals surface area contributed by atoms with Gasteiger partial charge in [-0.15, -0.1) is 0 Å². The number of nitrogens with zero attached hydrogens (tertiary/aromatic N) is 1. The van der Waals surface area contributed by atoms with Gasteiger partial charge in [-0.2, -0.15) is 0 Å². The van der Waals surface area contributed by atoms with Gasteiger partial charge in [-0.05, 0) is 42.3 Å². The van der Waals surface area contributed by atoms with Crippen LogP contribution in [-0.4, -0.2) is 48.8 Å². The van der Waals surface area contributed by atoms with Gasteiger partial charge in [0.2, 0.25) is 5.91 Å². The largest absolute Gasteiger partial charge is 0.493 e. The molecule has 3 rings (SSSR count). The van der Waals surface area contributed by atoms with Crippen molar-refractivity contribution in [3.63, 3.8) is 0 Å². The van der Waals surface area contributed by atoms with Crippen molar-refractivity contribution in [1.29, 1.82) is 0 Å². The van der Waals surface area contributed by atoms with Crippen LogP contribution in [0.4, 0.5) is 11.4 Å². The van der Waals surface area contributed by atoms with Crippen molar-refractivity contribution in [3.8, 4) is 11.5 Å². The maximum atomic E-state index is 12.8. The number of methoxy groups -OCH3 is 3. The third-order valence-corrected chi connectivity index (χ3v) is 6.10. The van der Waals surface area contributed by atoms with Gasteiger partial charge in [0.05, 0.1) is 25.7 Å². The molecular weight excluding hydrogens is 396 g/mol. The van der Waals surface area contributed by atoms with Crippen LogP contribution in [0.1, 0.15) is 12.0 Å². The molecule has 8 nitrogen and oxygen atoms in total. The number of ether oxygens (including phenoxy) is 3. The summed E-state index contributed by atoms with van der Waals surface area (Å²) in [5.41, 5.74) is 2.13. The summed E-state index contributed by atoms with van der Waals surface area (Å²) in [6, 6.07) is 9.57. The summed E-state index contributed by atoms with van der Waals surface area (Å²) in [7, 11) is 0.693. The lowest BCUT2D eigenvalue weighted by molar-refractivity contribution is -0.119. The van der Waals surface area contributed by atoms with E-state index in [0.717, 1.165) is 11.3 Å². The second-order valence-electron chi connectivity index (χ2n) is 6.50. The molecule has 0 saturated carbocycles. The number of hydrogen-bond acceptors (Lipinski definition) is 6. The Balaban J connectivity index is 1.86. The summed E-state index contributed by atoms with van der Waals surface area (Å²) < 4.78 is 43.6. The van der Waals surface area contributed by atoms with Crippen molar-refractivity contribution >= 4 is 27.3 Å². The average molecular weight is 420 g/mol. The number of aryl methyl sites for hydroxylation is 1. The van der Waals surface area contributed by atoms with E-state index in [2.05, 4.69) is 4.72 Å². The highest BCUT2D eigenvalue weighted by atomic mass is 32.2. The van der Waals surface area contributed by atoms with Gasteiger partial charge in [-0.1, -0.05) is 0 Å². The molecular formula is C20H24N2O6S. The summed E-state index contributed by atoms with van der Waals surface area (Å²) in [5, 5.41) is 0. The zero-order chi connectivity index (χ0) is 21.0. The number of anilines is 2. The Bertz CT molecular complexity index is 1010. The monoisotopic (exact) mass is 420 g/mol. The van der Waals surface area contributed by atoms with E-state index in [4.69, 9.17) is 14.2 Å². The summed E-state index contributed by atoms with van der Waals surface area (Å²) in [6.45, 7) is 0.887. The third-order valence-electron chi connectivity index (χ3n) is 4.72. The molecule has 0 radical (unpaired) electrons. The van der Waals surface area contributed by atoms with Crippen molar-refractivity contribution in [1.82, 2.24) is 0 Å². The van der Waals surface area contributed by atoms with E-state index in [-0.39, 0.29) is 10.8 Å². The number of amides is 1. The molecule has 156 valence electrons. The zero-order valence-corrected chi connectivity index (χ0v) is 17.4. The van der Waals surface area contributed by atoms with Crippen LogP contribution < -0.4 is 19.1 Å². The standard InChI is InChI=1S/C20H24N2O6S/c1-26-11-10-22-17-7-5-15(12-14(17)4-9-20(22)23)21-29(24,25)16-6-8-18(27-2)19(13-16)28-3/h5-8,12-13,21H,4,9-11H2,1-3H3. The van der Waals surface area contributed by atoms with Crippen LogP contribution in [0.15, 0.2) is 41.3 Å². The molecule has 1 aliphatic heterocycles. The number of carbonyl (C=O) groups is 1. The molecule has 0 unspecified atom stereocenters. The van der Waals surface area contributed by atoms with Crippen molar-refractivity contribution in [2.75, 3.05) is 44.1 Å². The van der Waals surface area contributed by atoms with Gasteiger partial charge >= 0.3 is 0 Å². The van der Waals surface area contributed by atoms with Crippen LogP contribution in [0.25, 0.3) is 0 Å². The highest BCUT2D eigenvalue weighted by molar-refractivity contribution is 7.92. The van der Waals surface area contributed by atoms with Crippen LogP contribution in [0.5, 0.6) is 11.5 Å². The van der Waals surface area contributed by atoms with Crippen LogP contribution in [0, 0.1) is 0 Å². The van der Waals surface area contributed by atoms with Crippen LogP contribution in [0.3, 0.4) is 0 Å². The fourth-order valence-electron chi connectivity index (χ4n) is 3.25. The first-order valence-electron chi connectivity index (χ1n) is 9.06. The molecule has 0 fully saturated rings. The third kappa shape index (κ3) is 4.46. The Morgan fingerprint density at radius 1 is 1.00 bits per heavy atom. The van der Waals surface area contributed by atoms with E-state index in [1.807, 2.05) is 0 Å². The van der Waals surface area contributed by atoms with E-state index in [1.165, 1.54) is 26.4 Å². The molecule has 0 bridgehead atoms. The summed E-state index contributed by atoms with van der Waals surface area (Å²) in [5.74, 6) is 0.808. The SMILES string of the molecule is COCCN1C(=O)CCc2cc(NS(=O)(=O)c3ccc(OC)c(OC)c3)ccc21. The molecule has 0 atom stereocenters. The first-order valence-corrected chi connectivity index (χ1v) is 10.5.